The van der Waals surface area contributed by atoms with E-state index in [2.05, 4.69) is 4.72 Å². The van der Waals surface area contributed by atoms with Gasteiger partial charge in [0.15, 0.2) is 0 Å². The van der Waals surface area contributed by atoms with Crippen LogP contribution in [0.2, 0.25) is 0 Å². The van der Waals surface area contributed by atoms with Gasteiger partial charge >= 0.3 is 0 Å². The molecule has 0 atom stereocenters. The number of carbonyl (C=O) groups excluding carboxylic acids is 1. The van der Waals surface area contributed by atoms with Gasteiger partial charge in [0.05, 0.1) is 12.0 Å². The summed E-state index contributed by atoms with van der Waals surface area (Å²) >= 11 is 0. The van der Waals surface area contributed by atoms with E-state index in [1.165, 1.54) is 18.2 Å². The summed E-state index contributed by atoms with van der Waals surface area (Å²) in [4.78, 5) is 14.6. The SMILES string of the molecule is COc1ccc(C(=O)N2CCc3ccc(CNS(=O)(=O)c4cccc(F)c4)cc32)cc1. The summed E-state index contributed by atoms with van der Waals surface area (Å²) in [5.41, 5.74) is 3.04. The number of hydrogen-bond donors (Lipinski definition) is 1. The summed E-state index contributed by atoms with van der Waals surface area (Å²) in [5, 5.41) is 0. The summed E-state index contributed by atoms with van der Waals surface area (Å²) in [6.07, 6.45) is 0.729. The Bertz CT molecular complexity index is 1230. The second kappa shape index (κ2) is 8.49. The molecule has 160 valence electrons. The predicted molar refractivity (Wildman–Crippen MR) is 115 cm³/mol. The average Bonchev–Trinajstić information content (AvgIpc) is 3.20. The van der Waals surface area contributed by atoms with Crippen LogP contribution in [0.5, 0.6) is 5.75 Å². The minimum absolute atomic E-state index is 0.0245. The highest BCUT2D eigenvalue weighted by molar-refractivity contribution is 7.89. The summed E-state index contributed by atoms with van der Waals surface area (Å²) < 4.78 is 45.9. The van der Waals surface area contributed by atoms with Crippen LogP contribution in [0.15, 0.2) is 71.6 Å². The summed E-state index contributed by atoms with van der Waals surface area (Å²) in [5.74, 6) is -0.0711. The standard InChI is InChI=1S/C23H21FN2O4S/c1-30-20-9-7-18(8-10-20)23(27)26-12-11-17-6-5-16(13-22(17)26)15-25-31(28,29)21-4-2-3-19(24)14-21/h2-10,13-14,25H,11-12,15H2,1H3. The second-order valence-electron chi connectivity index (χ2n) is 7.18. The van der Waals surface area contributed by atoms with Crippen molar-refractivity contribution >= 4 is 21.6 Å². The summed E-state index contributed by atoms with van der Waals surface area (Å²) in [6, 6.07) is 17.3. The van der Waals surface area contributed by atoms with Crippen molar-refractivity contribution in [3.8, 4) is 5.75 Å². The molecule has 1 N–H and O–H groups in total. The second-order valence-corrected chi connectivity index (χ2v) is 8.95. The van der Waals surface area contributed by atoms with Gasteiger partial charge in [-0.3, -0.25) is 4.79 Å². The Balaban J connectivity index is 1.52. The van der Waals surface area contributed by atoms with E-state index in [-0.39, 0.29) is 17.3 Å². The van der Waals surface area contributed by atoms with Crippen LogP contribution in [0.3, 0.4) is 0 Å². The molecule has 1 aliphatic heterocycles. The number of halogens is 1. The molecule has 3 aromatic rings. The number of benzene rings is 3. The first-order chi connectivity index (χ1) is 14.9. The van der Waals surface area contributed by atoms with E-state index < -0.39 is 15.8 Å². The molecule has 1 heterocycles. The third kappa shape index (κ3) is 4.45. The Morgan fingerprint density at radius 3 is 2.58 bits per heavy atom. The number of rotatable bonds is 6. The average molecular weight is 440 g/mol. The van der Waals surface area contributed by atoms with Gasteiger partial charge < -0.3 is 9.64 Å². The van der Waals surface area contributed by atoms with Crippen molar-refractivity contribution in [3.63, 3.8) is 0 Å². The maximum atomic E-state index is 13.4. The Kier molecular flexibility index (Phi) is 5.75. The van der Waals surface area contributed by atoms with Crippen molar-refractivity contribution in [2.24, 2.45) is 0 Å². The molecule has 31 heavy (non-hydrogen) atoms. The minimum Gasteiger partial charge on any atom is -0.497 e. The molecule has 1 aliphatic rings. The number of methoxy groups -OCH3 is 1. The van der Waals surface area contributed by atoms with Crippen LogP contribution in [0.25, 0.3) is 0 Å². The van der Waals surface area contributed by atoms with Gasteiger partial charge in [-0.2, -0.15) is 0 Å². The number of carbonyl (C=O) groups is 1. The highest BCUT2D eigenvalue weighted by Gasteiger charge is 2.26. The van der Waals surface area contributed by atoms with Gasteiger partial charge in [-0.05, 0) is 66.1 Å². The van der Waals surface area contributed by atoms with Crippen molar-refractivity contribution in [2.45, 2.75) is 17.9 Å². The number of anilines is 1. The van der Waals surface area contributed by atoms with Gasteiger partial charge in [-0.1, -0.05) is 18.2 Å². The van der Waals surface area contributed by atoms with E-state index in [4.69, 9.17) is 4.74 Å². The van der Waals surface area contributed by atoms with Gasteiger partial charge in [-0.25, -0.2) is 17.5 Å². The van der Waals surface area contributed by atoms with Crippen molar-refractivity contribution in [3.05, 3.63) is 89.2 Å². The number of nitrogens with one attached hydrogen (secondary N) is 1. The molecule has 6 nitrogen and oxygen atoms in total. The zero-order valence-electron chi connectivity index (χ0n) is 16.8. The lowest BCUT2D eigenvalue weighted by Gasteiger charge is -2.18. The molecule has 4 rings (SSSR count). The van der Waals surface area contributed by atoms with Crippen LogP contribution < -0.4 is 14.4 Å². The van der Waals surface area contributed by atoms with Crippen molar-refractivity contribution in [1.29, 1.82) is 0 Å². The molecule has 0 unspecified atom stereocenters. The maximum Gasteiger partial charge on any atom is 0.258 e. The first kappa shape index (κ1) is 21.0. The third-order valence-corrected chi connectivity index (χ3v) is 6.60. The molecule has 8 heteroatoms. The van der Waals surface area contributed by atoms with E-state index in [9.17, 15) is 17.6 Å². The molecule has 0 aliphatic carbocycles. The summed E-state index contributed by atoms with van der Waals surface area (Å²) in [6.45, 7) is 0.579. The Hall–Kier alpha value is -3.23. The first-order valence-corrected chi connectivity index (χ1v) is 11.2. The molecular formula is C23H21FN2O4S. The molecule has 0 spiro atoms. The smallest absolute Gasteiger partial charge is 0.258 e. The number of amides is 1. The lowest BCUT2D eigenvalue weighted by Crippen LogP contribution is -2.29. The van der Waals surface area contributed by atoms with Crippen molar-refractivity contribution < 1.29 is 22.3 Å². The fourth-order valence-corrected chi connectivity index (χ4v) is 4.58. The van der Waals surface area contributed by atoms with Crippen LogP contribution >= 0.6 is 0 Å². The zero-order chi connectivity index (χ0) is 22.0. The predicted octanol–water partition coefficient (Wildman–Crippen LogP) is 3.52. The highest BCUT2D eigenvalue weighted by Crippen LogP contribution is 2.31. The van der Waals surface area contributed by atoms with Crippen LogP contribution in [-0.4, -0.2) is 28.0 Å². The molecule has 1 amide bonds. The molecule has 3 aromatic carbocycles. The number of ether oxygens (including phenoxy) is 1. The lowest BCUT2D eigenvalue weighted by molar-refractivity contribution is 0.0989. The number of fused-ring (bicyclic) bond motifs is 1. The Morgan fingerprint density at radius 2 is 1.87 bits per heavy atom. The first-order valence-electron chi connectivity index (χ1n) is 9.70. The largest absolute Gasteiger partial charge is 0.497 e. The Morgan fingerprint density at radius 1 is 1.10 bits per heavy atom. The number of sulfonamides is 1. The van der Waals surface area contributed by atoms with Crippen molar-refractivity contribution in [1.82, 2.24) is 4.72 Å². The van der Waals surface area contributed by atoms with Gasteiger partial charge in [0, 0.05) is 24.3 Å². The quantitative estimate of drug-likeness (QED) is 0.637. The Labute approximate surface area is 180 Å². The molecule has 0 saturated carbocycles. The van der Waals surface area contributed by atoms with E-state index in [0.29, 0.717) is 23.4 Å². The van der Waals surface area contributed by atoms with Crippen LogP contribution in [0.1, 0.15) is 21.5 Å². The third-order valence-electron chi connectivity index (χ3n) is 5.20. The van der Waals surface area contributed by atoms with Gasteiger partial charge in [0.25, 0.3) is 5.91 Å². The fraction of sp³-hybridized carbons (Fsp3) is 0.174. The molecule has 0 saturated heterocycles. The minimum atomic E-state index is -3.86. The van der Waals surface area contributed by atoms with Crippen LogP contribution in [-0.2, 0) is 23.0 Å². The van der Waals surface area contributed by atoms with Gasteiger partial charge in [0.2, 0.25) is 10.0 Å². The van der Waals surface area contributed by atoms with E-state index >= 15 is 0 Å². The topological polar surface area (TPSA) is 75.7 Å². The van der Waals surface area contributed by atoms with Crippen molar-refractivity contribution in [2.75, 3.05) is 18.6 Å². The van der Waals surface area contributed by atoms with E-state index in [0.717, 1.165) is 23.7 Å². The number of hydrogen-bond acceptors (Lipinski definition) is 4. The molecule has 0 radical (unpaired) electrons. The fourth-order valence-electron chi connectivity index (χ4n) is 3.53. The molecule has 0 bridgehead atoms. The normalized spacial score (nSPS) is 13.2. The lowest BCUT2D eigenvalue weighted by atomic mass is 10.1. The number of nitrogens with zero attached hydrogens (tertiary/aromatic N) is 1. The summed E-state index contributed by atoms with van der Waals surface area (Å²) in [7, 11) is -2.29. The van der Waals surface area contributed by atoms with Crippen LogP contribution in [0, 0.1) is 5.82 Å². The monoisotopic (exact) mass is 440 g/mol. The molecular weight excluding hydrogens is 419 g/mol. The van der Waals surface area contributed by atoms with E-state index in [1.54, 1.807) is 36.3 Å². The van der Waals surface area contributed by atoms with E-state index in [1.807, 2.05) is 18.2 Å². The van der Waals surface area contributed by atoms with Gasteiger partial charge in [-0.15, -0.1) is 0 Å². The molecule has 0 aromatic heterocycles. The molecule has 0 fully saturated rings. The van der Waals surface area contributed by atoms with Crippen LogP contribution in [0.4, 0.5) is 10.1 Å². The maximum absolute atomic E-state index is 13.4. The zero-order valence-corrected chi connectivity index (χ0v) is 17.7. The van der Waals surface area contributed by atoms with Gasteiger partial charge in [0.1, 0.15) is 11.6 Å². The highest BCUT2D eigenvalue weighted by atomic mass is 32.2.